The molecule has 0 aliphatic heterocycles. The van der Waals surface area contributed by atoms with Gasteiger partial charge in [0.15, 0.2) is 0 Å². The normalized spacial score (nSPS) is 10.1. The lowest BCUT2D eigenvalue weighted by Gasteiger charge is -2.19. The number of halogens is 1. The summed E-state index contributed by atoms with van der Waals surface area (Å²) < 4.78 is 0. The average Bonchev–Trinajstić information content (AvgIpc) is 2.38. The fourth-order valence-electron chi connectivity index (χ4n) is 1.52. The summed E-state index contributed by atoms with van der Waals surface area (Å²) in [5, 5.41) is 0.449. The molecule has 1 aromatic carbocycles. The Labute approximate surface area is 109 Å². The molecule has 6 heteroatoms. The van der Waals surface area contributed by atoms with E-state index in [0.717, 1.165) is 11.4 Å². The van der Waals surface area contributed by atoms with Gasteiger partial charge >= 0.3 is 0 Å². The van der Waals surface area contributed by atoms with E-state index in [1.54, 1.807) is 24.5 Å². The minimum Gasteiger partial charge on any atom is -0.366 e. The predicted octanol–water partition coefficient (Wildman–Crippen LogP) is 2.00. The summed E-state index contributed by atoms with van der Waals surface area (Å²) in [4.78, 5) is 20.9. The average molecular weight is 263 g/mol. The standard InChI is InChI=1S/C12H11ClN4O/c1-17(11-5-15-7-16-6-11)10-3-8(12(14)18)2-9(13)4-10/h2-7H,1H3,(H2,14,18). The van der Waals surface area contributed by atoms with Crippen LogP contribution in [0.1, 0.15) is 10.4 Å². The van der Waals surface area contributed by atoms with Crippen molar-refractivity contribution in [2.75, 3.05) is 11.9 Å². The highest BCUT2D eigenvalue weighted by Gasteiger charge is 2.09. The lowest BCUT2D eigenvalue weighted by Crippen LogP contribution is -2.14. The first-order valence-electron chi connectivity index (χ1n) is 5.17. The number of amides is 1. The molecule has 2 N–H and O–H groups in total. The lowest BCUT2D eigenvalue weighted by atomic mass is 10.2. The number of carbonyl (C=O) groups excluding carboxylic acids is 1. The van der Waals surface area contributed by atoms with Crippen LogP contribution in [0.4, 0.5) is 11.4 Å². The number of hydrogen-bond acceptors (Lipinski definition) is 4. The van der Waals surface area contributed by atoms with Crippen LogP contribution in [0, 0.1) is 0 Å². The second-order valence-electron chi connectivity index (χ2n) is 3.72. The summed E-state index contributed by atoms with van der Waals surface area (Å²) in [6, 6.07) is 4.94. The zero-order valence-electron chi connectivity index (χ0n) is 9.67. The van der Waals surface area contributed by atoms with Crippen LogP contribution in [0.5, 0.6) is 0 Å². The van der Waals surface area contributed by atoms with Crippen molar-refractivity contribution in [2.24, 2.45) is 5.73 Å². The summed E-state index contributed by atoms with van der Waals surface area (Å²) in [5.41, 5.74) is 7.14. The summed E-state index contributed by atoms with van der Waals surface area (Å²) in [5.74, 6) is -0.517. The van der Waals surface area contributed by atoms with Crippen LogP contribution >= 0.6 is 11.6 Å². The molecule has 0 radical (unpaired) electrons. The van der Waals surface area contributed by atoms with Gasteiger partial charge in [-0.25, -0.2) is 9.97 Å². The maximum atomic E-state index is 11.2. The topological polar surface area (TPSA) is 72.1 Å². The number of nitrogens with zero attached hydrogens (tertiary/aromatic N) is 3. The molecule has 0 unspecified atom stereocenters. The van der Waals surface area contributed by atoms with Gasteiger partial charge in [0.25, 0.3) is 0 Å². The molecular weight excluding hydrogens is 252 g/mol. The third-order valence-electron chi connectivity index (χ3n) is 2.49. The second kappa shape index (κ2) is 5.01. The maximum Gasteiger partial charge on any atom is 0.248 e. The number of nitrogens with two attached hydrogens (primary N) is 1. The highest BCUT2D eigenvalue weighted by atomic mass is 35.5. The number of anilines is 2. The van der Waals surface area contributed by atoms with Crippen LogP contribution in [0.2, 0.25) is 5.02 Å². The van der Waals surface area contributed by atoms with Gasteiger partial charge in [-0.3, -0.25) is 4.79 Å². The first-order chi connectivity index (χ1) is 8.58. The number of aromatic nitrogens is 2. The third kappa shape index (κ3) is 2.57. The van der Waals surface area contributed by atoms with Gasteiger partial charge in [0.1, 0.15) is 6.33 Å². The zero-order chi connectivity index (χ0) is 13.1. The molecule has 1 heterocycles. The first kappa shape index (κ1) is 12.3. The van der Waals surface area contributed by atoms with Gasteiger partial charge in [0.2, 0.25) is 5.91 Å². The number of benzene rings is 1. The smallest absolute Gasteiger partial charge is 0.248 e. The highest BCUT2D eigenvalue weighted by molar-refractivity contribution is 6.31. The van der Waals surface area contributed by atoms with E-state index in [0.29, 0.717) is 10.6 Å². The minimum absolute atomic E-state index is 0.362. The Morgan fingerprint density at radius 3 is 2.50 bits per heavy atom. The Bertz CT molecular complexity index is 574. The van der Waals surface area contributed by atoms with Gasteiger partial charge in [0, 0.05) is 23.3 Å². The molecule has 0 bridgehead atoms. The highest BCUT2D eigenvalue weighted by Crippen LogP contribution is 2.26. The van der Waals surface area contributed by atoms with Gasteiger partial charge < -0.3 is 10.6 Å². The van der Waals surface area contributed by atoms with Gasteiger partial charge in [-0.05, 0) is 18.2 Å². The van der Waals surface area contributed by atoms with E-state index in [9.17, 15) is 4.79 Å². The molecule has 18 heavy (non-hydrogen) atoms. The predicted molar refractivity (Wildman–Crippen MR) is 70.1 cm³/mol. The van der Waals surface area contributed by atoms with Crippen LogP contribution < -0.4 is 10.6 Å². The fourth-order valence-corrected chi connectivity index (χ4v) is 1.75. The van der Waals surface area contributed by atoms with Crippen LogP contribution in [0.15, 0.2) is 36.9 Å². The SMILES string of the molecule is CN(c1cncnc1)c1cc(Cl)cc(C(N)=O)c1. The Morgan fingerprint density at radius 1 is 1.22 bits per heavy atom. The molecule has 0 spiro atoms. The molecule has 0 atom stereocenters. The Kier molecular flexibility index (Phi) is 3.43. The number of hydrogen-bond donors (Lipinski definition) is 1. The largest absolute Gasteiger partial charge is 0.366 e. The van der Waals surface area contributed by atoms with E-state index in [-0.39, 0.29) is 0 Å². The third-order valence-corrected chi connectivity index (χ3v) is 2.71. The molecule has 92 valence electrons. The maximum absolute atomic E-state index is 11.2. The number of carbonyl (C=O) groups is 1. The van der Waals surface area contributed by atoms with Crippen molar-refractivity contribution in [3.8, 4) is 0 Å². The number of rotatable bonds is 3. The van der Waals surface area contributed by atoms with Crippen LogP contribution in [-0.2, 0) is 0 Å². The fraction of sp³-hybridized carbons (Fsp3) is 0.0833. The van der Waals surface area contributed by atoms with E-state index in [2.05, 4.69) is 9.97 Å². The van der Waals surface area contributed by atoms with E-state index >= 15 is 0 Å². The summed E-state index contributed by atoms with van der Waals surface area (Å²) in [6.07, 6.45) is 4.78. The van der Waals surface area contributed by atoms with E-state index in [1.165, 1.54) is 12.4 Å². The monoisotopic (exact) mass is 262 g/mol. The Balaban J connectivity index is 2.42. The van der Waals surface area contributed by atoms with Crippen molar-refractivity contribution >= 4 is 28.9 Å². The molecule has 0 aliphatic carbocycles. The van der Waals surface area contributed by atoms with Crippen molar-refractivity contribution < 1.29 is 4.79 Å². The minimum atomic E-state index is -0.517. The lowest BCUT2D eigenvalue weighted by molar-refractivity contribution is 0.100. The van der Waals surface area contributed by atoms with Crippen molar-refractivity contribution in [2.45, 2.75) is 0 Å². The summed E-state index contributed by atoms with van der Waals surface area (Å²) >= 11 is 5.96. The van der Waals surface area contributed by atoms with Gasteiger partial charge in [-0.15, -0.1) is 0 Å². The molecule has 5 nitrogen and oxygen atoms in total. The molecule has 1 aromatic heterocycles. The molecule has 0 fully saturated rings. The van der Waals surface area contributed by atoms with Crippen LogP contribution in [0.3, 0.4) is 0 Å². The van der Waals surface area contributed by atoms with Gasteiger partial charge in [-0.1, -0.05) is 11.6 Å². The molecule has 0 saturated carbocycles. The zero-order valence-corrected chi connectivity index (χ0v) is 10.4. The second-order valence-corrected chi connectivity index (χ2v) is 4.15. The first-order valence-corrected chi connectivity index (χ1v) is 5.55. The molecule has 0 saturated heterocycles. The van der Waals surface area contributed by atoms with Crippen LogP contribution in [-0.4, -0.2) is 22.9 Å². The van der Waals surface area contributed by atoms with Gasteiger partial charge in [-0.2, -0.15) is 0 Å². The molecule has 1 amide bonds. The van der Waals surface area contributed by atoms with E-state index in [4.69, 9.17) is 17.3 Å². The summed E-state index contributed by atoms with van der Waals surface area (Å²) in [6.45, 7) is 0. The number of primary amides is 1. The van der Waals surface area contributed by atoms with Crippen LogP contribution in [0.25, 0.3) is 0 Å². The molecule has 2 aromatic rings. The summed E-state index contributed by atoms with van der Waals surface area (Å²) in [7, 11) is 1.83. The Morgan fingerprint density at radius 2 is 1.89 bits per heavy atom. The van der Waals surface area contributed by atoms with Crippen molar-refractivity contribution in [1.29, 1.82) is 0 Å². The molecule has 0 aliphatic rings. The van der Waals surface area contributed by atoms with E-state index in [1.807, 2.05) is 11.9 Å². The molecule has 2 rings (SSSR count). The Hall–Kier alpha value is -2.14. The van der Waals surface area contributed by atoms with Gasteiger partial charge in [0.05, 0.1) is 18.1 Å². The van der Waals surface area contributed by atoms with Crippen molar-refractivity contribution in [3.63, 3.8) is 0 Å². The van der Waals surface area contributed by atoms with Crippen molar-refractivity contribution in [1.82, 2.24) is 9.97 Å². The quantitative estimate of drug-likeness (QED) is 0.918. The van der Waals surface area contributed by atoms with E-state index < -0.39 is 5.91 Å². The molecular formula is C12H11ClN4O. The van der Waals surface area contributed by atoms with Crippen molar-refractivity contribution in [3.05, 3.63) is 47.5 Å².